The molecule has 0 aromatic heterocycles. The molecule has 0 amide bonds. The van der Waals surface area contributed by atoms with Gasteiger partial charge in [0.25, 0.3) is 0 Å². The molecule has 0 spiro atoms. The molecule has 2 saturated heterocycles. The predicted molar refractivity (Wildman–Crippen MR) is 150 cm³/mol. The van der Waals surface area contributed by atoms with Gasteiger partial charge in [-0.2, -0.15) is 0 Å². The zero-order valence-electron chi connectivity index (χ0n) is 25.1. The van der Waals surface area contributed by atoms with Crippen LogP contribution in [0.5, 0.6) is 0 Å². The van der Waals surface area contributed by atoms with Crippen molar-refractivity contribution in [2.24, 2.45) is 22.7 Å². The maximum atomic E-state index is 12.0. The Labute approximate surface area is 252 Å². The first kappa shape index (κ1) is 32.9. The first-order valence-corrected chi connectivity index (χ1v) is 15.4. The van der Waals surface area contributed by atoms with Crippen molar-refractivity contribution in [3.63, 3.8) is 0 Å². The van der Waals surface area contributed by atoms with Crippen LogP contribution in [0.1, 0.15) is 58.8 Å². The lowest BCUT2D eigenvalue weighted by Crippen LogP contribution is -2.61. The molecule has 4 fully saturated rings. The molecule has 3 heterocycles. The SMILES string of the molecule is C=C1CCC2C(C)(COCC3(O)COC(OC4C(O)OC(CO)C(O)C4O)C3O)CCCC2(C)C1CCC1=CCOC1=O. The summed E-state index contributed by atoms with van der Waals surface area (Å²) in [5, 5.41) is 62.1. The van der Waals surface area contributed by atoms with Crippen molar-refractivity contribution in [2.75, 3.05) is 33.0 Å². The summed E-state index contributed by atoms with van der Waals surface area (Å²) in [7, 11) is 0. The van der Waals surface area contributed by atoms with E-state index in [4.69, 9.17) is 23.7 Å². The summed E-state index contributed by atoms with van der Waals surface area (Å²) in [5.41, 5.74) is -0.00576. The highest BCUT2D eigenvalue weighted by molar-refractivity contribution is 5.90. The van der Waals surface area contributed by atoms with Crippen molar-refractivity contribution in [3.8, 4) is 0 Å². The smallest absolute Gasteiger partial charge is 0.334 e. The average Bonchev–Trinajstić information content (AvgIpc) is 3.49. The highest BCUT2D eigenvalue weighted by atomic mass is 16.7. The Kier molecular flexibility index (Phi) is 9.76. The van der Waals surface area contributed by atoms with Gasteiger partial charge in [-0.3, -0.25) is 0 Å². The van der Waals surface area contributed by atoms with E-state index in [-0.39, 0.29) is 35.9 Å². The monoisotopic (exact) mass is 612 g/mol. The van der Waals surface area contributed by atoms with Crippen LogP contribution in [0.2, 0.25) is 0 Å². The Morgan fingerprint density at radius 1 is 1.12 bits per heavy atom. The second kappa shape index (κ2) is 12.7. The lowest BCUT2D eigenvalue weighted by molar-refractivity contribution is -0.325. The summed E-state index contributed by atoms with van der Waals surface area (Å²) >= 11 is 0. The van der Waals surface area contributed by atoms with Crippen LogP contribution in [0.25, 0.3) is 0 Å². The van der Waals surface area contributed by atoms with Gasteiger partial charge in [-0.05, 0) is 67.3 Å². The molecule has 43 heavy (non-hydrogen) atoms. The fraction of sp³-hybridized carbons (Fsp3) is 0.839. The Bertz CT molecular complexity index is 1070. The van der Waals surface area contributed by atoms with Crippen molar-refractivity contribution in [3.05, 3.63) is 23.8 Å². The average molecular weight is 613 g/mol. The topological polar surface area (TPSA) is 185 Å². The van der Waals surface area contributed by atoms with Gasteiger partial charge >= 0.3 is 5.97 Å². The second-order valence-electron chi connectivity index (χ2n) is 13.7. The van der Waals surface area contributed by atoms with Gasteiger partial charge in [0.15, 0.2) is 12.6 Å². The van der Waals surface area contributed by atoms with Gasteiger partial charge in [0, 0.05) is 5.57 Å². The van der Waals surface area contributed by atoms with Crippen LogP contribution >= 0.6 is 0 Å². The van der Waals surface area contributed by atoms with Gasteiger partial charge in [0.1, 0.15) is 42.7 Å². The predicted octanol–water partition coefficient (Wildman–Crippen LogP) is 0.310. The maximum Gasteiger partial charge on any atom is 0.334 e. The molecule has 0 bridgehead atoms. The molecule has 0 aromatic rings. The van der Waals surface area contributed by atoms with E-state index in [0.717, 1.165) is 44.1 Å². The number of hydrogen-bond donors (Lipinski definition) is 6. The minimum absolute atomic E-state index is 0.01000. The number of aliphatic hydroxyl groups is 6. The zero-order chi connectivity index (χ0) is 31.2. The van der Waals surface area contributed by atoms with Crippen LogP contribution in [0.4, 0.5) is 0 Å². The van der Waals surface area contributed by atoms with Crippen molar-refractivity contribution < 1.29 is 59.1 Å². The van der Waals surface area contributed by atoms with E-state index in [1.54, 1.807) is 0 Å². The first-order chi connectivity index (χ1) is 20.3. The quantitative estimate of drug-likeness (QED) is 0.147. The number of hydrogen-bond acceptors (Lipinski definition) is 12. The van der Waals surface area contributed by atoms with E-state index in [1.807, 2.05) is 6.08 Å². The van der Waals surface area contributed by atoms with Gasteiger partial charge in [0.2, 0.25) is 0 Å². The Hall–Kier alpha value is -1.45. The molecule has 3 aliphatic heterocycles. The number of cyclic esters (lactones) is 1. The van der Waals surface area contributed by atoms with Crippen molar-refractivity contribution in [1.29, 1.82) is 0 Å². The molecule has 5 rings (SSSR count). The molecule has 12 unspecified atom stereocenters. The number of aliphatic hydroxyl groups excluding tert-OH is 5. The van der Waals surface area contributed by atoms with Crippen molar-refractivity contribution in [1.82, 2.24) is 0 Å². The number of esters is 1. The number of ether oxygens (including phenoxy) is 5. The van der Waals surface area contributed by atoms with Crippen LogP contribution < -0.4 is 0 Å². The number of rotatable bonds is 10. The lowest BCUT2D eigenvalue weighted by Gasteiger charge is -2.59. The lowest BCUT2D eigenvalue weighted by atomic mass is 9.47. The number of allylic oxidation sites excluding steroid dienone is 1. The van der Waals surface area contributed by atoms with E-state index in [9.17, 15) is 35.4 Å². The minimum atomic E-state index is -1.80. The molecule has 2 saturated carbocycles. The van der Waals surface area contributed by atoms with E-state index >= 15 is 0 Å². The molecular weight excluding hydrogens is 564 g/mol. The Morgan fingerprint density at radius 3 is 2.58 bits per heavy atom. The molecule has 244 valence electrons. The van der Waals surface area contributed by atoms with Gasteiger partial charge in [-0.1, -0.05) is 32.4 Å². The van der Waals surface area contributed by atoms with Crippen LogP contribution in [-0.2, 0) is 28.5 Å². The molecular formula is C31H48O12. The Balaban J connectivity index is 1.18. The summed E-state index contributed by atoms with van der Waals surface area (Å²) in [6.07, 6.45) is -2.19. The second-order valence-corrected chi connectivity index (χ2v) is 13.7. The molecule has 12 nitrogen and oxygen atoms in total. The number of fused-ring (bicyclic) bond motifs is 1. The third-order valence-corrected chi connectivity index (χ3v) is 10.9. The summed E-state index contributed by atoms with van der Waals surface area (Å²) in [5.74, 6) is 0.390. The number of carbonyl (C=O) groups excluding carboxylic acids is 1. The first-order valence-electron chi connectivity index (χ1n) is 15.4. The maximum absolute atomic E-state index is 12.0. The summed E-state index contributed by atoms with van der Waals surface area (Å²) in [6.45, 7) is 8.56. The van der Waals surface area contributed by atoms with E-state index in [2.05, 4.69) is 20.4 Å². The standard InChI is InChI=1S/C31H48O12/c1-17-5-8-21-29(2,10-4-11-30(21,3)19(17)7-6-18-9-12-40-26(18)36)14-39-15-31(38)16-41-28(25(31)35)43-24-23(34)22(33)20(13-32)42-27(24)37/h9,19-25,27-28,32-35,37-38H,1,4-8,10-16H2,2-3H3. The van der Waals surface area contributed by atoms with Gasteiger partial charge < -0.3 is 54.3 Å². The summed E-state index contributed by atoms with van der Waals surface area (Å²) in [6, 6.07) is 0. The molecule has 5 aliphatic rings. The van der Waals surface area contributed by atoms with E-state index in [0.29, 0.717) is 25.6 Å². The van der Waals surface area contributed by atoms with Crippen LogP contribution in [0.3, 0.4) is 0 Å². The normalized spacial score (nSPS) is 46.9. The molecule has 6 N–H and O–H groups in total. The van der Waals surface area contributed by atoms with Crippen LogP contribution in [-0.4, -0.2) is 118 Å². The Morgan fingerprint density at radius 2 is 1.88 bits per heavy atom. The van der Waals surface area contributed by atoms with Gasteiger partial charge in [-0.25, -0.2) is 4.79 Å². The van der Waals surface area contributed by atoms with Gasteiger partial charge in [0.05, 0.1) is 26.4 Å². The number of carbonyl (C=O) groups is 1. The van der Waals surface area contributed by atoms with Crippen molar-refractivity contribution in [2.45, 2.75) is 107 Å². The highest BCUT2D eigenvalue weighted by Gasteiger charge is 2.56. The largest absolute Gasteiger partial charge is 0.458 e. The van der Waals surface area contributed by atoms with Crippen molar-refractivity contribution >= 4 is 5.97 Å². The summed E-state index contributed by atoms with van der Waals surface area (Å²) < 4.78 is 27.4. The van der Waals surface area contributed by atoms with Crippen LogP contribution in [0, 0.1) is 22.7 Å². The van der Waals surface area contributed by atoms with Gasteiger partial charge in [-0.15, -0.1) is 0 Å². The molecule has 0 aromatic carbocycles. The molecule has 12 atom stereocenters. The zero-order valence-corrected chi connectivity index (χ0v) is 25.1. The fourth-order valence-electron chi connectivity index (χ4n) is 8.42. The molecule has 0 radical (unpaired) electrons. The van der Waals surface area contributed by atoms with E-state index < -0.39 is 55.3 Å². The summed E-state index contributed by atoms with van der Waals surface area (Å²) in [4.78, 5) is 12.0. The van der Waals surface area contributed by atoms with E-state index in [1.165, 1.54) is 5.57 Å². The van der Waals surface area contributed by atoms with Crippen LogP contribution in [0.15, 0.2) is 23.8 Å². The third kappa shape index (κ3) is 6.20. The fourth-order valence-corrected chi connectivity index (χ4v) is 8.42. The highest BCUT2D eigenvalue weighted by Crippen LogP contribution is 2.62. The molecule has 2 aliphatic carbocycles. The minimum Gasteiger partial charge on any atom is -0.458 e. The molecule has 12 heteroatoms. The third-order valence-electron chi connectivity index (χ3n) is 10.9.